The van der Waals surface area contributed by atoms with Crippen molar-refractivity contribution in [1.29, 1.82) is 0 Å². The Morgan fingerprint density at radius 2 is 1.69 bits per heavy atom. The van der Waals surface area contributed by atoms with Crippen LogP contribution >= 0.6 is 11.6 Å². The van der Waals surface area contributed by atoms with Crippen LogP contribution in [0.25, 0.3) is 0 Å². The van der Waals surface area contributed by atoms with Gasteiger partial charge in [-0.1, -0.05) is 54.1 Å². The molecule has 1 heterocycles. The van der Waals surface area contributed by atoms with E-state index in [4.69, 9.17) is 11.6 Å². The Bertz CT molecular complexity index is 833. The molecule has 0 aliphatic heterocycles. The summed E-state index contributed by atoms with van der Waals surface area (Å²) in [6.07, 6.45) is 2.86. The number of halogens is 1. The molecule has 0 atom stereocenters. The molecule has 3 aromatic rings. The monoisotopic (exact) mass is 365 g/mol. The Morgan fingerprint density at radius 3 is 2.38 bits per heavy atom. The second kappa shape index (κ2) is 9.02. The number of aromatic nitrogens is 1. The van der Waals surface area contributed by atoms with Gasteiger partial charge in [0.1, 0.15) is 5.82 Å². The Morgan fingerprint density at radius 1 is 0.923 bits per heavy atom. The van der Waals surface area contributed by atoms with Crippen molar-refractivity contribution in [2.45, 2.75) is 19.4 Å². The Labute approximate surface area is 158 Å². The molecule has 0 saturated carbocycles. The molecular weight excluding hydrogens is 346 g/mol. The summed E-state index contributed by atoms with van der Waals surface area (Å²) in [5.74, 6) is 0.517. The van der Waals surface area contributed by atoms with E-state index >= 15 is 0 Å². The van der Waals surface area contributed by atoms with Crippen molar-refractivity contribution in [1.82, 2.24) is 4.98 Å². The molecule has 0 radical (unpaired) electrons. The minimum atomic E-state index is -0.0387. The van der Waals surface area contributed by atoms with E-state index in [1.165, 1.54) is 0 Å². The lowest BCUT2D eigenvalue weighted by molar-refractivity contribution is -0.116. The molecule has 1 amide bonds. The van der Waals surface area contributed by atoms with E-state index in [0.29, 0.717) is 25.2 Å². The highest BCUT2D eigenvalue weighted by Crippen LogP contribution is 2.14. The van der Waals surface area contributed by atoms with E-state index in [2.05, 4.69) is 15.6 Å². The maximum Gasteiger partial charge on any atom is 0.225 e. The predicted octanol–water partition coefficient (Wildman–Crippen LogP) is 4.92. The van der Waals surface area contributed by atoms with E-state index in [1.54, 1.807) is 12.3 Å². The van der Waals surface area contributed by atoms with Gasteiger partial charge in [0, 0.05) is 18.0 Å². The van der Waals surface area contributed by atoms with Crippen LogP contribution < -0.4 is 10.6 Å². The molecule has 3 rings (SSSR count). The standard InChI is InChI=1S/C21H20ClN3O/c22-18-9-6-17(7-10-18)14-23-19-11-12-20(24-15-19)25-21(26)13-8-16-4-2-1-3-5-16/h1-7,9-12,15,23H,8,13-14H2,(H,24,25,26). The highest BCUT2D eigenvalue weighted by atomic mass is 35.5. The number of hydrogen-bond donors (Lipinski definition) is 2. The van der Waals surface area contributed by atoms with Crippen molar-refractivity contribution in [3.63, 3.8) is 0 Å². The number of nitrogens with zero attached hydrogens (tertiary/aromatic N) is 1. The number of rotatable bonds is 7. The quantitative estimate of drug-likeness (QED) is 0.625. The lowest BCUT2D eigenvalue weighted by Gasteiger charge is -2.08. The summed E-state index contributed by atoms with van der Waals surface area (Å²) in [4.78, 5) is 16.3. The van der Waals surface area contributed by atoms with E-state index in [9.17, 15) is 4.79 Å². The molecule has 5 heteroatoms. The van der Waals surface area contributed by atoms with Crippen molar-refractivity contribution in [2.75, 3.05) is 10.6 Å². The van der Waals surface area contributed by atoms with Crippen LogP contribution in [-0.2, 0) is 17.8 Å². The maximum absolute atomic E-state index is 12.0. The van der Waals surface area contributed by atoms with Gasteiger partial charge >= 0.3 is 0 Å². The van der Waals surface area contributed by atoms with Gasteiger partial charge in [0.25, 0.3) is 0 Å². The predicted molar refractivity (Wildman–Crippen MR) is 106 cm³/mol. The number of benzene rings is 2. The molecule has 1 aromatic heterocycles. The van der Waals surface area contributed by atoms with Gasteiger partial charge in [0.05, 0.1) is 11.9 Å². The SMILES string of the molecule is O=C(CCc1ccccc1)Nc1ccc(NCc2ccc(Cl)cc2)cn1. The van der Waals surface area contributed by atoms with E-state index in [0.717, 1.165) is 21.8 Å². The summed E-state index contributed by atoms with van der Waals surface area (Å²) in [6.45, 7) is 0.682. The molecule has 4 nitrogen and oxygen atoms in total. The van der Waals surface area contributed by atoms with E-state index < -0.39 is 0 Å². The zero-order chi connectivity index (χ0) is 18.2. The number of aryl methyl sites for hydroxylation is 1. The Hall–Kier alpha value is -2.85. The van der Waals surface area contributed by atoms with Gasteiger partial charge in [-0.25, -0.2) is 4.98 Å². The van der Waals surface area contributed by atoms with Gasteiger partial charge in [-0.15, -0.1) is 0 Å². The first kappa shape index (κ1) is 18.0. The van der Waals surface area contributed by atoms with Crippen LogP contribution in [0.5, 0.6) is 0 Å². The third-order valence-corrected chi connectivity index (χ3v) is 4.18. The normalized spacial score (nSPS) is 10.3. The fourth-order valence-corrected chi connectivity index (χ4v) is 2.61. The van der Waals surface area contributed by atoms with Crippen LogP contribution in [0.15, 0.2) is 72.9 Å². The van der Waals surface area contributed by atoms with Crippen LogP contribution in [-0.4, -0.2) is 10.9 Å². The van der Waals surface area contributed by atoms with Crippen molar-refractivity contribution < 1.29 is 4.79 Å². The average molecular weight is 366 g/mol. The van der Waals surface area contributed by atoms with Gasteiger partial charge in [0.15, 0.2) is 0 Å². The highest BCUT2D eigenvalue weighted by Gasteiger charge is 2.04. The topological polar surface area (TPSA) is 54.0 Å². The fourth-order valence-electron chi connectivity index (χ4n) is 2.49. The number of amides is 1. The van der Waals surface area contributed by atoms with Crippen molar-refractivity contribution in [3.8, 4) is 0 Å². The maximum atomic E-state index is 12.0. The smallest absolute Gasteiger partial charge is 0.225 e. The van der Waals surface area contributed by atoms with Crippen LogP contribution in [0.1, 0.15) is 17.5 Å². The molecule has 0 fully saturated rings. The number of carbonyl (C=O) groups excluding carboxylic acids is 1. The zero-order valence-electron chi connectivity index (χ0n) is 14.3. The minimum Gasteiger partial charge on any atom is -0.380 e. The molecule has 0 saturated heterocycles. The number of hydrogen-bond acceptors (Lipinski definition) is 3. The Balaban J connectivity index is 1.46. The van der Waals surface area contributed by atoms with Crippen molar-refractivity contribution in [3.05, 3.63) is 89.1 Å². The lowest BCUT2D eigenvalue weighted by Crippen LogP contribution is -2.13. The third kappa shape index (κ3) is 5.60. The summed E-state index contributed by atoms with van der Waals surface area (Å²) < 4.78 is 0. The summed E-state index contributed by atoms with van der Waals surface area (Å²) in [6, 6.07) is 21.3. The largest absolute Gasteiger partial charge is 0.380 e. The third-order valence-electron chi connectivity index (χ3n) is 3.92. The van der Waals surface area contributed by atoms with Crippen molar-refractivity contribution >= 4 is 29.0 Å². The number of anilines is 2. The zero-order valence-corrected chi connectivity index (χ0v) is 15.0. The van der Waals surface area contributed by atoms with E-state index in [1.807, 2.05) is 60.7 Å². The lowest BCUT2D eigenvalue weighted by atomic mass is 10.1. The van der Waals surface area contributed by atoms with Crippen LogP contribution in [0.3, 0.4) is 0 Å². The van der Waals surface area contributed by atoms with Crippen LogP contribution in [0.4, 0.5) is 11.5 Å². The minimum absolute atomic E-state index is 0.0387. The molecule has 2 N–H and O–H groups in total. The van der Waals surface area contributed by atoms with E-state index in [-0.39, 0.29) is 5.91 Å². The van der Waals surface area contributed by atoms with Gasteiger partial charge < -0.3 is 10.6 Å². The molecule has 0 unspecified atom stereocenters. The summed E-state index contributed by atoms with van der Waals surface area (Å²) in [7, 11) is 0. The summed E-state index contributed by atoms with van der Waals surface area (Å²) in [5, 5.41) is 6.84. The highest BCUT2D eigenvalue weighted by molar-refractivity contribution is 6.30. The molecule has 0 spiro atoms. The number of pyridine rings is 1. The Kier molecular flexibility index (Phi) is 6.23. The first-order valence-corrected chi connectivity index (χ1v) is 8.85. The summed E-state index contributed by atoms with van der Waals surface area (Å²) >= 11 is 5.88. The second-order valence-electron chi connectivity index (χ2n) is 5.95. The van der Waals surface area contributed by atoms with Gasteiger partial charge in [-0.2, -0.15) is 0 Å². The van der Waals surface area contributed by atoms with Gasteiger partial charge in [0.2, 0.25) is 5.91 Å². The molecular formula is C21H20ClN3O. The number of nitrogens with one attached hydrogen (secondary N) is 2. The van der Waals surface area contributed by atoms with Crippen LogP contribution in [0, 0.1) is 0 Å². The van der Waals surface area contributed by atoms with Crippen LogP contribution in [0.2, 0.25) is 5.02 Å². The first-order chi connectivity index (χ1) is 12.7. The number of carbonyl (C=O) groups is 1. The van der Waals surface area contributed by atoms with Gasteiger partial charge in [-0.05, 0) is 41.8 Å². The summed E-state index contributed by atoms with van der Waals surface area (Å²) in [5.41, 5.74) is 3.17. The average Bonchev–Trinajstić information content (AvgIpc) is 2.68. The molecule has 2 aromatic carbocycles. The molecule has 0 aliphatic rings. The molecule has 0 bridgehead atoms. The fraction of sp³-hybridized carbons (Fsp3) is 0.143. The second-order valence-corrected chi connectivity index (χ2v) is 6.38. The van der Waals surface area contributed by atoms with Crippen molar-refractivity contribution in [2.24, 2.45) is 0 Å². The molecule has 26 heavy (non-hydrogen) atoms. The molecule has 0 aliphatic carbocycles. The first-order valence-electron chi connectivity index (χ1n) is 8.47. The molecule has 132 valence electrons. The van der Waals surface area contributed by atoms with Gasteiger partial charge in [-0.3, -0.25) is 4.79 Å².